The second-order valence-electron chi connectivity index (χ2n) is 3.90. The molecule has 0 saturated heterocycles. The van der Waals surface area contributed by atoms with Crippen LogP contribution in [0, 0.1) is 5.82 Å². The zero-order valence-corrected chi connectivity index (χ0v) is 11.7. The zero-order valence-electron chi connectivity index (χ0n) is 10.1. The number of hydrogen-bond donors (Lipinski definition) is 1. The van der Waals surface area contributed by atoms with E-state index in [1.807, 2.05) is 0 Å². The van der Waals surface area contributed by atoms with Crippen LogP contribution >= 0.6 is 11.6 Å². The van der Waals surface area contributed by atoms with Gasteiger partial charge < -0.3 is 5.11 Å². The van der Waals surface area contributed by atoms with Gasteiger partial charge in [0.05, 0.1) is 0 Å². The maximum absolute atomic E-state index is 13.6. The third-order valence-corrected chi connectivity index (χ3v) is 4.57. The van der Waals surface area contributed by atoms with Crippen LogP contribution in [-0.4, -0.2) is 37.4 Å². The molecule has 0 radical (unpaired) electrons. The Bertz CT molecular complexity index is 576. The number of benzene rings is 1. The summed E-state index contributed by atoms with van der Waals surface area (Å²) in [6.07, 6.45) is 0.00321. The van der Waals surface area contributed by atoms with Crippen LogP contribution in [-0.2, 0) is 14.8 Å². The number of carbonyl (C=O) groups is 1. The van der Waals surface area contributed by atoms with Crippen LogP contribution in [0.2, 0.25) is 5.02 Å². The van der Waals surface area contributed by atoms with E-state index < -0.39 is 26.7 Å². The van der Waals surface area contributed by atoms with Gasteiger partial charge in [0, 0.05) is 25.0 Å². The van der Waals surface area contributed by atoms with Crippen LogP contribution < -0.4 is 0 Å². The van der Waals surface area contributed by atoms with Gasteiger partial charge in [-0.3, -0.25) is 4.79 Å². The molecule has 0 amide bonds. The molecule has 0 bridgehead atoms. The Labute approximate surface area is 115 Å². The Kier molecular flexibility index (Phi) is 5.28. The van der Waals surface area contributed by atoms with E-state index in [2.05, 4.69) is 0 Å². The fourth-order valence-corrected chi connectivity index (χ4v) is 2.83. The molecule has 19 heavy (non-hydrogen) atoms. The van der Waals surface area contributed by atoms with Gasteiger partial charge in [0.25, 0.3) is 0 Å². The minimum Gasteiger partial charge on any atom is -0.481 e. The number of rotatable bonds is 6. The minimum absolute atomic E-state index is 0.00327. The molecular weight excluding hydrogens is 297 g/mol. The summed E-state index contributed by atoms with van der Waals surface area (Å²) in [5.74, 6) is -1.94. The van der Waals surface area contributed by atoms with Gasteiger partial charge >= 0.3 is 5.97 Å². The lowest BCUT2D eigenvalue weighted by Crippen LogP contribution is -2.29. The molecule has 1 aromatic carbocycles. The summed E-state index contributed by atoms with van der Waals surface area (Å²) in [7, 11) is -2.71. The van der Waals surface area contributed by atoms with E-state index in [0.29, 0.717) is 0 Å². The molecule has 0 unspecified atom stereocenters. The van der Waals surface area contributed by atoms with E-state index in [1.54, 1.807) is 0 Å². The molecule has 0 aliphatic carbocycles. The van der Waals surface area contributed by atoms with Crippen molar-refractivity contribution in [3.8, 4) is 0 Å². The highest BCUT2D eigenvalue weighted by Gasteiger charge is 2.24. The highest BCUT2D eigenvalue weighted by atomic mass is 35.5. The summed E-state index contributed by atoms with van der Waals surface area (Å²) in [6.45, 7) is -0.00327. The summed E-state index contributed by atoms with van der Waals surface area (Å²) < 4.78 is 38.6. The van der Waals surface area contributed by atoms with E-state index in [4.69, 9.17) is 16.7 Å². The molecule has 0 atom stereocenters. The summed E-state index contributed by atoms with van der Waals surface area (Å²) in [5.41, 5.74) is 0. The molecule has 1 rings (SSSR count). The van der Waals surface area contributed by atoms with Gasteiger partial charge in [0.15, 0.2) is 0 Å². The first-order valence-corrected chi connectivity index (χ1v) is 7.20. The van der Waals surface area contributed by atoms with E-state index in [1.165, 1.54) is 13.1 Å². The van der Waals surface area contributed by atoms with Crippen LogP contribution in [0.3, 0.4) is 0 Å². The van der Waals surface area contributed by atoms with Crippen LogP contribution in [0.25, 0.3) is 0 Å². The Morgan fingerprint density at radius 2 is 2.11 bits per heavy atom. The topological polar surface area (TPSA) is 74.7 Å². The SMILES string of the molecule is CN(CCCC(=O)O)S(=O)(=O)c1ccc(Cl)cc1F. The van der Waals surface area contributed by atoms with Gasteiger partial charge in [-0.05, 0) is 24.6 Å². The molecule has 0 spiro atoms. The average Bonchev–Trinajstić information content (AvgIpc) is 2.27. The average molecular weight is 310 g/mol. The van der Waals surface area contributed by atoms with Crippen molar-refractivity contribution >= 4 is 27.6 Å². The molecular formula is C11H13ClFNO4S. The molecule has 0 saturated carbocycles. The smallest absolute Gasteiger partial charge is 0.303 e. The number of nitrogens with zero attached hydrogens (tertiary/aromatic N) is 1. The van der Waals surface area contributed by atoms with Crippen molar-refractivity contribution in [1.29, 1.82) is 0 Å². The number of hydrogen-bond acceptors (Lipinski definition) is 3. The van der Waals surface area contributed by atoms with Gasteiger partial charge in [0.2, 0.25) is 10.0 Å². The molecule has 0 aliphatic rings. The number of carboxylic acids is 1. The van der Waals surface area contributed by atoms with Crippen molar-refractivity contribution in [3.63, 3.8) is 0 Å². The molecule has 0 heterocycles. The Balaban J connectivity index is 2.87. The predicted molar refractivity (Wildman–Crippen MR) is 68.1 cm³/mol. The number of sulfonamides is 1. The quantitative estimate of drug-likeness (QED) is 0.871. The number of carboxylic acid groups (broad SMARTS) is 1. The van der Waals surface area contributed by atoms with Crippen molar-refractivity contribution in [2.24, 2.45) is 0 Å². The van der Waals surface area contributed by atoms with Gasteiger partial charge in [-0.1, -0.05) is 11.6 Å². The number of halogens is 2. The second kappa shape index (κ2) is 6.31. The molecule has 1 N–H and O–H groups in total. The maximum atomic E-state index is 13.6. The second-order valence-corrected chi connectivity index (χ2v) is 6.35. The van der Waals surface area contributed by atoms with Gasteiger partial charge in [-0.2, -0.15) is 0 Å². The monoisotopic (exact) mass is 309 g/mol. The van der Waals surface area contributed by atoms with Gasteiger partial charge in [0.1, 0.15) is 10.7 Å². The van der Waals surface area contributed by atoms with Gasteiger partial charge in [-0.25, -0.2) is 17.1 Å². The first-order valence-electron chi connectivity index (χ1n) is 5.38. The highest BCUT2D eigenvalue weighted by Crippen LogP contribution is 2.21. The van der Waals surface area contributed by atoms with Crippen LogP contribution in [0.15, 0.2) is 23.1 Å². The molecule has 0 fully saturated rings. The van der Waals surface area contributed by atoms with E-state index in [9.17, 15) is 17.6 Å². The minimum atomic E-state index is -3.98. The first kappa shape index (κ1) is 15.9. The molecule has 8 heteroatoms. The summed E-state index contributed by atoms with van der Waals surface area (Å²) in [4.78, 5) is 9.87. The van der Waals surface area contributed by atoms with E-state index >= 15 is 0 Å². The predicted octanol–water partition coefficient (Wildman–Crippen LogP) is 1.96. The molecule has 106 valence electrons. The zero-order chi connectivity index (χ0) is 14.6. The normalized spacial score (nSPS) is 11.8. The molecule has 0 aliphatic heterocycles. The summed E-state index contributed by atoms with van der Waals surface area (Å²) >= 11 is 5.55. The molecule has 0 aromatic heterocycles. The Hall–Kier alpha value is -1.18. The molecule has 1 aromatic rings. The van der Waals surface area contributed by atoms with Crippen LogP contribution in [0.1, 0.15) is 12.8 Å². The fourth-order valence-electron chi connectivity index (χ4n) is 1.43. The van der Waals surface area contributed by atoms with Crippen molar-refractivity contribution < 1.29 is 22.7 Å². The lowest BCUT2D eigenvalue weighted by molar-refractivity contribution is -0.137. The van der Waals surface area contributed by atoms with Crippen molar-refractivity contribution in [2.45, 2.75) is 17.7 Å². The third-order valence-electron chi connectivity index (χ3n) is 2.45. The van der Waals surface area contributed by atoms with Crippen LogP contribution in [0.4, 0.5) is 4.39 Å². The molecule has 5 nitrogen and oxygen atoms in total. The fraction of sp³-hybridized carbons (Fsp3) is 0.364. The lowest BCUT2D eigenvalue weighted by Gasteiger charge is -2.17. The standard InChI is InChI=1S/C11H13ClFNO4S/c1-14(6-2-3-11(15)16)19(17,18)10-5-4-8(12)7-9(10)13/h4-5,7H,2-3,6H2,1H3,(H,15,16). The van der Waals surface area contributed by atoms with Gasteiger partial charge in [-0.15, -0.1) is 0 Å². The van der Waals surface area contributed by atoms with E-state index in [-0.39, 0.29) is 24.4 Å². The van der Waals surface area contributed by atoms with Crippen molar-refractivity contribution in [2.75, 3.05) is 13.6 Å². The Morgan fingerprint density at radius 3 is 2.63 bits per heavy atom. The first-order chi connectivity index (χ1) is 8.75. The summed E-state index contributed by atoms with van der Waals surface area (Å²) in [6, 6.07) is 3.28. The lowest BCUT2D eigenvalue weighted by atomic mass is 10.3. The summed E-state index contributed by atoms with van der Waals surface area (Å²) in [5, 5.41) is 8.58. The maximum Gasteiger partial charge on any atom is 0.303 e. The van der Waals surface area contributed by atoms with Crippen molar-refractivity contribution in [1.82, 2.24) is 4.31 Å². The van der Waals surface area contributed by atoms with Crippen LogP contribution in [0.5, 0.6) is 0 Å². The van der Waals surface area contributed by atoms with E-state index in [0.717, 1.165) is 16.4 Å². The third kappa shape index (κ3) is 4.15. The van der Waals surface area contributed by atoms with Crippen molar-refractivity contribution in [3.05, 3.63) is 29.0 Å². The highest BCUT2D eigenvalue weighted by molar-refractivity contribution is 7.89. The largest absolute Gasteiger partial charge is 0.481 e. The number of aliphatic carboxylic acids is 1. The Morgan fingerprint density at radius 1 is 1.47 bits per heavy atom.